The van der Waals surface area contributed by atoms with E-state index in [4.69, 9.17) is 11.6 Å². The lowest BCUT2D eigenvalue weighted by Gasteiger charge is -2.34. The van der Waals surface area contributed by atoms with Gasteiger partial charge in [0.1, 0.15) is 4.90 Å². The van der Waals surface area contributed by atoms with E-state index in [9.17, 15) is 13.2 Å². The first kappa shape index (κ1) is 23.5. The summed E-state index contributed by atoms with van der Waals surface area (Å²) in [7, 11) is -0.448. The molecule has 0 saturated carbocycles. The molecule has 1 aliphatic rings. The Balaban J connectivity index is 1.45. The second-order valence-corrected chi connectivity index (χ2v) is 10.8. The maximum Gasteiger partial charge on any atom is 0.245 e. The first-order chi connectivity index (χ1) is 15.6. The summed E-state index contributed by atoms with van der Waals surface area (Å²) in [5.41, 5.74) is 2.64. The van der Waals surface area contributed by atoms with Crippen molar-refractivity contribution in [1.29, 1.82) is 0 Å². The fourth-order valence-corrected chi connectivity index (χ4v) is 5.60. The number of hydrogen-bond donors (Lipinski definition) is 2. The van der Waals surface area contributed by atoms with Crippen LogP contribution in [0.2, 0.25) is 5.02 Å². The van der Waals surface area contributed by atoms with E-state index in [1.807, 2.05) is 19.1 Å². The van der Waals surface area contributed by atoms with Gasteiger partial charge in [0.05, 0.1) is 29.0 Å². The van der Waals surface area contributed by atoms with Crippen LogP contribution in [0.25, 0.3) is 10.9 Å². The molecule has 0 bridgehead atoms. The minimum absolute atomic E-state index is 0.0878. The van der Waals surface area contributed by atoms with Gasteiger partial charge < -0.3 is 15.1 Å². The van der Waals surface area contributed by atoms with E-state index in [0.717, 1.165) is 41.7 Å². The highest BCUT2D eigenvalue weighted by atomic mass is 35.5. The number of halogens is 1. The number of nitrogens with one attached hydrogen (secondary N) is 2. The number of sulfonamides is 1. The number of carbonyl (C=O) groups is 1. The van der Waals surface area contributed by atoms with Crippen molar-refractivity contribution in [2.75, 3.05) is 57.0 Å². The van der Waals surface area contributed by atoms with Crippen LogP contribution in [0, 0.1) is 6.92 Å². The van der Waals surface area contributed by atoms with Gasteiger partial charge in [0.2, 0.25) is 15.9 Å². The molecule has 176 valence electrons. The third-order valence-corrected chi connectivity index (χ3v) is 7.92. The summed E-state index contributed by atoms with van der Waals surface area (Å²) in [6.07, 6.45) is 1.57. The third-order valence-electron chi connectivity index (χ3n) is 5.79. The van der Waals surface area contributed by atoms with Gasteiger partial charge in [-0.25, -0.2) is 8.42 Å². The van der Waals surface area contributed by atoms with Crippen LogP contribution in [0.4, 0.5) is 11.4 Å². The summed E-state index contributed by atoms with van der Waals surface area (Å²) < 4.78 is 27.3. The molecule has 2 N–H and O–H groups in total. The Morgan fingerprint density at radius 3 is 2.64 bits per heavy atom. The fraction of sp³-hybridized carbons (Fsp3) is 0.364. The zero-order valence-electron chi connectivity index (χ0n) is 18.8. The van der Waals surface area contributed by atoms with Crippen LogP contribution < -0.4 is 10.2 Å². The second kappa shape index (κ2) is 9.30. The average Bonchev–Trinajstić information content (AvgIpc) is 3.22. The quantitative estimate of drug-likeness (QED) is 0.550. The molecule has 1 aliphatic heterocycles. The lowest BCUT2D eigenvalue weighted by molar-refractivity contribution is -0.116. The fourth-order valence-electron chi connectivity index (χ4n) is 3.92. The molecule has 0 radical (unpaired) electrons. The molecule has 1 aromatic heterocycles. The van der Waals surface area contributed by atoms with Crippen molar-refractivity contribution in [1.82, 2.24) is 19.4 Å². The maximum atomic E-state index is 13.1. The second-order valence-electron chi connectivity index (χ2n) is 8.36. The smallest absolute Gasteiger partial charge is 0.245 e. The highest BCUT2D eigenvalue weighted by Crippen LogP contribution is 2.30. The van der Waals surface area contributed by atoms with E-state index in [1.165, 1.54) is 7.05 Å². The summed E-state index contributed by atoms with van der Waals surface area (Å²) in [5.74, 6) is -0.460. The molecular formula is C22H27ClN6O3S. The number of aromatic amines is 1. The topological polar surface area (TPSA) is 102 Å². The van der Waals surface area contributed by atoms with Crippen LogP contribution in [0.15, 0.2) is 41.4 Å². The summed E-state index contributed by atoms with van der Waals surface area (Å²) >= 11 is 6.48. The molecule has 2 heterocycles. The van der Waals surface area contributed by atoms with E-state index in [0.29, 0.717) is 21.6 Å². The number of H-pyrrole nitrogens is 1. The number of piperazine rings is 1. The van der Waals surface area contributed by atoms with Crippen LogP contribution in [0.5, 0.6) is 0 Å². The molecule has 1 fully saturated rings. The summed E-state index contributed by atoms with van der Waals surface area (Å²) in [4.78, 5) is 17.2. The number of carbonyl (C=O) groups excluding carboxylic acids is 1. The maximum absolute atomic E-state index is 13.1. The van der Waals surface area contributed by atoms with Gasteiger partial charge in [-0.1, -0.05) is 11.6 Å². The van der Waals surface area contributed by atoms with Crippen molar-refractivity contribution in [2.45, 2.75) is 11.8 Å². The Morgan fingerprint density at radius 1 is 1.21 bits per heavy atom. The molecule has 4 rings (SSSR count). The number of aryl methyl sites for hydroxylation is 1. The van der Waals surface area contributed by atoms with Crippen LogP contribution in [0.1, 0.15) is 5.56 Å². The average molecular weight is 491 g/mol. The van der Waals surface area contributed by atoms with E-state index in [-0.39, 0.29) is 11.4 Å². The van der Waals surface area contributed by atoms with Crippen molar-refractivity contribution < 1.29 is 13.2 Å². The monoisotopic (exact) mass is 490 g/mol. The van der Waals surface area contributed by atoms with Crippen molar-refractivity contribution in [3.8, 4) is 0 Å². The lowest BCUT2D eigenvalue weighted by atomic mass is 10.2. The van der Waals surface area contributed by atoms with E-state index in [2.05, 4.69) is 32.4 Å². The number of rotatable bonds is 6. The predicted molar refractivity (Wildman–Crippen MR) is 130 cm³/mol. The van der Waals surface area contributed by atoms with Crippen LogP contribution in [-0.4, -0.2) is 80.5 Å². The molecule has 0 atom stereocenters. The minimum atomic E-state index is -3.91. The molecule has 9 nitrogen and oxygen atoms in total. The van der Waals surface area contributed by atoms with Crippen molar-refractivity contribution >= 4 is 49.8 Å². The molecule has 33 heavy (non-hydrogen) atoms. The van der Waals surface area contributed by atoms with Gasteiger partial charge in [0.25, 0.3) is 0 Å². The van der Waals surface area contributed by atoms with Crippen LogP contribution >= 0.6 is 11.6 Å². The molecular weight excluding hydrogens is 464 g/mol. The Hall–Kier alpha value is -2.66. The lowest BCUT2D eigenvalue weighted by Crippen LogP contribution is -2.44. The number of aromatic nitrogens is 2. The SMILES string of the molecule is Cc1cc(S(=O)(=O)N(C)CC(=O)Nc2ccc(N3CCN(C)CC3)c(Cl)c2)c2[nH]ncc2c1. The van der Waals surface area contributed by atoms with Crippen LogP contribution in [-0.2, 0) is 14.8 Å². The summed E-state index contributed by atoms with van der Waals surface area (Å²) in [6, 6.07) is 8.77. The summed E-state index contributed by atoms with van der Waals surface area (Å²) in [6.45, 7) is 5.15. The summed E-state index contributed by atoms with van der Waals surface area (Å²) in [5, 5.41) is 10.7. The molecule has 2 aromatic carbocycles. The third kappa shape index (κ3) is 4.98. The molecule has 1 saturated heterocycles. The highest BCUT2D eigenvalue weighted by molar-refractivity contribution is 7.89. The molecule has 11 heteroatoms. The number of hydrogen-bond acceptors (Lipinski definition) is 6. The number of anilines is 2. The predicted octanol–water partition coefficient (Wildman–Crippen LogP) is 2.54. The van der Waals surface area contributed by atoms with Gasteiger partial charge >= 0.3 is 0 Å². The molecule has 3 aromatic rings. The van der Waals surface area contributed by atoms with Gasteiger partial charge in [-0.3, -0.25) is 9.89 Å². The van der Waals surface area contributed by atoms with Gasteiger partial charge in [0, 0.05) is 44.3 Å². The minimum Gasteiger partial charge on any atom is -0.368 e. The molecule has 0 aliphatic carbocycles. The van der Waals surface area contributed by atoms with Gasteiger partial charge in [0.15, 0.2) is 0 Å². The van der Waals surface area contributed by atoms with E-state index < -0.39 is 15.9 Å². The van der Waals surface area contributed by atoms with Gasteiger partial charge in [-0.2, -0.15) is 9.40 Å². The Kier molecular flexibility index (Phi) is 6.62. The largest absolute Gasteiger partial charge is 0.368 e. The zero-order chi connectivity index (χ0) is 23.8. The molecule has 1 amide bonds. The van der Waals surface area contributed by atoms with Crippen molar-refractivity contribution in [3.63, 3.8) is 0 Å². The first-order valence-electron chi connectivity index (χ1n) is 10.6. The number of amides is 1. The van der Waals surface area contributed by atoms with Gasteiger partial charge in [-0.05, 0) is 49.9 Å². The number of likely N-dealkylation sites (N-methyl/N-ethyl adjacent to an activating group) is 2. The molecule has 0 unspecified atom stereocenters. The van der Waals surface area contributed by atoms with E-state index in [1.54, 1.807) is 24.4 Å². The number of fused-ring (bicyclic) bond motifs is 1. The Bertz CT molecular complexity index is 1280. The molecule has 0 spiro atoms. The van der Waals surface area contributed by atoms with Crippen LogP contribution in [0.3, 0.4) is 0 Å². The first-order valence-corrected chi connectivity index (χ1v) is 12.4. The number of benzene rings is 2. The van der Waals surface area contributed by atoms with E-state index >= 15 is 0 Å². The highest BCUT2D eigenvalue weighted by Gasteiger charge is 2.26. The number of nitrogens with zero attached hydrogens (tertiary/aromatic N) is 4. The standard InChI is InChI=1S/C22H27ClN6O3S/c1-15-10-16-13-24-26-22(16)20(11-15)33(31,32)28(3)14-21(30)25-17-4-5-19(18(23)12-17)29-8-6-27(2)7-9-29/h4-5,10-13H,6-9,14H2,1-3H3,(H,24,26)(H,25,30). The van der Waals surface area contributed by atoms with Crippen molar-refractivity contribution in [3.05, 3.63) is 47.1 Å². The normalized spacial score (nSPS) is 15.4. The zero-order valence-corrected chi connectivity index (χ0v) is 20.4. The van der Waals surface area contributed by atoms with Gasteiger partial charge in [-0.15, -0.1) is 0 Å². The Morgan fingerprint density at radius 2 is 1.94 bits per heavy atom. The van der Waals surface area contributed by atoms with Crippen molar-refractivity contribution in [2.24, 2.45) is 0 Å². The Labute approximate surface area is 198 Å².